The van der Waals surface area contributed by atoms with Crippen molar-refractivity contribution >= 4 is 11.8 Å². The Balaban J connectivity index is 2.16. The monoisotopic (exact) mass is 264 g/mol. The standard InChI is InChI=1S/C13H20N4O2/c1-9-8-15-10(16-9)11(18)17-13(12(14)19)6-4-2-3-5-7-13/h8H,2-7H2,1H3,(H2,14,19)(H,15,16)(H,17,18). The van der Waals surface area contributed by atoms with Gasteiger partial charge in [-0.1, -0.05) is 25.7 Å². The number of rotatable bonds is 3. The molecule has 0 atom stereocenters. The Morgan fingerprint density at radius 2 is 1.95 bits per heavy atom. The molecule has 19 heavy (non-hydrogen) atoms. The normalized spacial score (nSPS) is 18.6. The van der Waals surface area contributed by atoms with Crippen LogP contribution in [0.3, 0.4) is 0 Å². The summed E-state index contributed by atoms with van der Waals surface area (Å²) in [5.74, 6) is -0.595. The van der Waals surface area contributed by atoms with Crippen LogP contribution in [0.15, 0.2) is 6.20 Å². The second kappa shape index (κ2) is 5.42. The zero-order valence-electron chi connectivity index (χ0n) is 11.2. The molecule has 2 amide bonds. The molecule has 1 aromatic rings. The molecular formula is C13H20N4O2. The number of aromatic amines is 1. The minimum absolute atomic E-state index is 0.224. The van der Waals surface area contributed by atoms with Gasteiger partial charge in [0.15, 0.2) is 5.82 Å². The maximum atomic E-state index is 12.1. The molecule has 0 spiro atoms. The average Bonchev–Trinajstić information content (AvgIpc) is 2.65. The van der Waals surface area contributed by atoms with Gasteiger partial charge < -0.3 is 16.0 Å². The first-order chi connectivity index (χ1) is 9.03. The highest BCUT2D eigenvalue weighted by atomic mass is 16.2. The lowest BCUT2D eigenvalue weighted by Gasteiger charge is -2.30. The highest BCUT2D eigenvalue weighted by molar-refractivity contribution is 5.96. The summed E-state index contributed by atoms with van der Waals surface area (Å²) in [6.07, 6.45) is 6.75. The summed E-state index contributed by atoms with van der Waals surface area (Å²) in [5.41, 5.74) is 5.40. The molecule has 1 saturated carbocycles. The number of carbonyl (C=O) groups excluding carboxylic acids is 2. The molecule has 4 N–H and O–H groups in total. The van der Waals surface area contributed by atoms with Gasteiger partial charge in [-0.05, 0) is 19.8 Å². The zero-order chi connectivity index (χ0) is 13.9. The summed E-state index contributed by atoms with van der Waals surface area (Å²) in [6.45, 7) is 1.82. The maximum Gasteiger partial charge on any atom is 0.287 e. The summed E-state index contributed by atoms with van der Waals surface area (Å²) >= 11 is 0. The van der Waals surface area contributed by atoms with E-state index < -0.39 is 11.4 Å². The molecule has 0 saturated heterocycles. The number of amides is 2. The SMILES string of the molecule is Cc1cnc(C(=O)NC2(C(N)=O)CCCCCC2)[nH]1. The van der Waals surface area contributed by atoms with Crippen LogP contribution in [0.5, 0.6) is 0 Å². The number of primary amides is 1. The van der Waals surface area contributed by atoms with Crippen LogP contribution in [-0.4, -0.2) is 27.3 Å². The van der Waals surface area contributed by atoms with Gasteiger partial charge in [0.2, 0.25) is 5.91 Å². The summed E-state index contributed by atoms with van der Waals surface area (Å²) in [5, 5.41) is 2.79. The number of aromatic nitrogens is 2. The van der Waals surface area contributed by atoms with Crippen molar-refractivity contribution in [2.75, 3.05) is 0 Å². The van der Waals surface area contributed by atoms with Crippen molar-refractivity contribution in [1.82, 2.24) is 15.3 Å². The number of carbonyl (C=O) groups is 2. The van der Waals surface area contributed by atoms with Crippen molar-refractivity contribution in [3.63, 3.8) is 0 Å². The molecule has 6 heteroatoms. The lowest BCUT2D eigenvalue weighted by molar-refractivity contribution is -0.124. The van der Waals surface area contributed by atoms with Crippen LogP contribution >= 0.6 is 0 Å². The molecule has 2 rings (SSSR count). The van der Waals surface area contributed by atoms with Crippen molar-refractivity contribution in [3.05, 3.63) is 17.7 Å². The summed E-state index contributed by atoms with van der Waals surface area (Å²) < 4.78 is 0. The highest BCUT2D eigenvalue weighted by Gasteiger charge is 2.38. The third-order valence-electron chi connectivity index (χ3n) is 3.70. The number of aryl methyl sites for hydroxylation is 1. The second-order valence-electron chi connectivity index (χ2n) is 5.23. The Hall–Kier alpha value is -1.85. The molecule has 0 aromatic carbocycles. The molecule has 1 aliphatic rings. The number of nitrogens with one attached hydrogen (secondary N) is 2. The molecule has 0 bridgehead atoms. The molecule has 1 aromatic heterocycles. The number of imidazole rings is 1. The quantitative estimate of drug-likeness (QED) is 0.710. The Morgan fingerprint density at radius 1 is 1.32 bits per heavy atom. The van der Waals surface area contributed by atoms with Gasteiger partial charge in [0.05, 0.1) is 0 Å². The number of nitrogens with zero attached hydrogens (tertiary/aromatic N) is 1. The molecular weight excluding hydrogens is 244 g/mol. The molecule has 0 radical (unpaired) electrons. The Morgan fingerprint density at radius 3 is 2.42 bits per heavy atom. The van der Waals surface area contributed by atoms with Gasteiger partial charge in [0, 0.05) is 11.9 Å². The molecule has 6 nitrogen and oxygen atoms in total. The molecule has 0 unspecified atom stereocenters. The first-order valence-corrected chi connectivity index (χ1v) is 6.67. The Kier molecular flexibility index (Phi) is 3.87. The van der Waals surface area contributed by atoms with Crippen molar-refractivity contribution in [1.29, 1.82) is 0 Å². The van der Waals surface area contributed by atoms with Gasteiger partial charge in [-0.3, -0.25) is 9.59 Å². The minimum atomic E-state index is -0.922. The summed E-state index contributed by atoms with van der Waals surface area (Å²) in [4.78, 5) is 30.8. The largest absolute Gasteiger partial charge is 0.368 e. The van der Waals surface area contributed by atoms with Crippen LogP contribution in [-0.2, 0) is 4.79 Å². The number of nitrogens with two attached hydrogens (primary N) is 1. The molecule has 1 fully saturated rings. The molecule has 1 heterocycles. The number of H-pyrrole nitrogens is 1. The first kappa shape index (κ1) is 13.6. The van der Waals surface area contributed by atoms with E-state index in [0.717, 1.165) is 31.4 Å². The molecule has 1 aliphatic carbocycles. The van der Waals surface area contributed by atoms with Crippen molar-refractivity contribution < 1.29 is 9.59 Å². The van der Waals surface area contributed by atoms with E-state index in [1.807, 2.05) is 6.92 Å². The third kappa shape index (κ3) is 2.94. The van der Waals surface area contributed by atoms with Crippen LogP contribution < -0.4 is 11.1 Å². The predicted octanol–water partition coefficient (Wildman–Crippen LogP) is 1.03. The van der Waals surface area contributed by atoms with E-state index in [-0.39, 0.29) is 11.7 Å². The van der Waals surface area contributed by atoms with Gasteiger partial charge in [0.25, 0.3) is 5.91 Å². The van der Waals surface area contributed by atoms with E-state index in [4.69, 9.17) is 5.73 Å². The zero-order valence-corrected chi connectivity index (χ0v) is 11.2. The van der Waals surface area contributed by atoms with E-state index in [2.05, 4.69) is 15.3 Å². The van der Waals surface area contributed by atoms with Gasteiger partial charge in [-0.25, -0.2) is 4.98 Å². The Labute approximate surface area is 112 Å². The van der Waals surface area contributed by atoms with Crippen LogP contribution in [0.2, 0.25) is 0 Å². The van der Waals surface area contributed by atoms with Gasteiger partial charge in [0.1, 0.15) is 5.54 Å². The van der Waals surface area contributed by atoms with Gasteiger partial charge >= 0.3 is 0 Å². The highest BCUT2D eigenvalue weighted by Crippen LogP contribution is 2.27. The van der Waals surface area contributed by atoms with Crippen molar-refractivity contribution in [2.24, 2.45) is 5.73 Å². The van der Waals surface area contributed by atoms with E-state index in [1.54, 1.807) is 6.20 Å². The van der Waals surface area contributed by atoms with Crippen molar-refractivity contribution in [3.8, 4) is 0 Å². The summed E-state index contributed by atoms with van der Waals surface area (Å²) in [6, 6.07) is 0. The lowest BCUT2D eigenvalue weighted by atomic mass is 9.89. The number of hydrogen-bond acceptors (Lipinski definition) is 3. The van der Waals surface area contributed by atoms with Gasteiger partial charge in [-0.15, -0.1) is 0 Å². The fourth-order valence-corrected chi connectivity index (χ4v) is 2.57. The minimum Gasteiger partial charge on any atom is -0.368 e. The fraction of sp³-hybridized carbons (Fsp3) is 0.615. The van der Waals surface area contributed by atoms with Gasteiger partial charge in [-0.2, -0.15) is 0 Å². The predicted molar refractivity (Wildman–Crippen MR) is 70.4 cm³/mol. The Bertz CT molecular complexity index is 473. The van der Waals surface area contributed by atoms with E-state index in [0.29, 0.717) is 12.8 Å². The van der Waals surface area contributed by atoms with Crippen LogP contribution in [0.1, 0.15) is 54.8 Å². The van der Waals surface area contributed by atoms with E-state index >= 15 is 0 Å². The third-order valence-corrected chi connectivity index (χ3v) is 3.70. The fourth-order valence-electron chi connectivity index (χ4n) is 2.57. The molecule has 0 aliphatic heterocycles. The second-order valence-corrected chi connectivity index (χ2v) is 5.23. The van der Waals surface area contributed by atoms with Crippen LogP contribution in [0.25, 0.3) is 0 Å². The van der Waals surface area contributed by atoms with Crippen LogP contribution in [0, 0.1) is 6.92 Å². The smallest absolute Gasteiger partial charge is 0.287 e. The summed E-state index contributed by atoms with van der Waals surface area (Å²) in [7, 11) is 0. The first-order valence-electron chi connectivity index (χ1n) is 6.67. The lowest BCUT2D eigenvalue weighted by Crippen LogP contribution is -2.57. The van der Waals surface area contributed by atoms with E-state index in [9.17, 15) is 9.59 Å². The number of hydrogen-bond donors (Lipinski definition) is 3. The van der Waals surface area contributed by atoms with Crippen LogP contribution in [0.4, 0.5) is 0 Å². The van der Waals surface area contributed by atoms with Crippen molar-refractivity contribution in [2.45, 2.75) is 51.0 Å². The molecule has 104 valence electrons. The topological polar surface area (TPSA) is 101 Å². The average molecular weight is 264 g/mol. The van der Waals surface area contributed by atoms with E-state index in [1.165, 1.54) is 0 Å². The maximum absolute atomic E-state index is 12.1.